The van der Waals surface area contributed by atoms with Crippen molar-refractivity contribution in [3.05, 3.63) is 16.5 Å². The Morgan fingerprint density at radius 2 is 2.00 bits per heavy atom. The molecule has 3 N–H and O–H groups in total. The van der Waals surface area contributed by atoms with Crippen molar-refractivity contribution in [3.63, 3.8) is 0 Å². The zero-order chi connectivity index (χ0) is 11.6. The molecule has 1 aromatic rings. The Morgan fingerprint density at radius 3 is 2.40 bits per heavy atom. The van der Waals surface area contributed by atoms with Gasteiger partial charge in [-0.1, -0.05) is 13.8 Å². The van der Waals surface area contributed by atoms with Gasteiger partial charge >= 0.3 is 0 Å². The van der Waals surface area contributed by atoms with Gasteiger partial charge in [-0.15, -0.1) is 11.3 Å². The number of hydrogen-bond donors (Lipinski definition) is 2. The van der Waals surface area contributed by atoms with E-state index in [1.54, 1.807) is 0 Å². The number of hydrogen-bond acceptors (Lipinski definition) is 3. The first-order valence-electron chi connectivity index (χ1n) is 5.12. The fourth-order valence-corrected chi connectivity index (χ4v) is 2.15. The summed E-state index contributed by atoms with van der Waals surface area (Å²) in [6.07, 6.45) is 0. The van der Waals surface area contributed by atoms with Crippen LogP contribution in [0.25, 0.3) is 0 Å². The molecule has 0 aliphatic heterocycles. The zero-order valence-corrected chi connectivity index (χ0v) is 10.4. The molecule has 0 saturated heterocycles. The van der Waals surface area contributed by atoms with E-state index in [0.717, 1.165) is 4.88 Å². The van der Waals surface area contributed by atoms with Gasteiger partial charge in [-0.05, 0) is 25.8 Å². The van der Waals surface area contributed by atoms with E-state index in [2.05, 4.69) is 19.2 Å². The van der Waals surface area contributed by atoms with Gasteiger partial charge in [-0.3, -0.25) is 4.79 Å². The van der Waals surface area contributed by atoms with Crippen molar-refractivity contribution < 1.29 is 4.79 Å². The van der Waals surface area contributed by atoms with Gasteiger partial charge in [0.1, 0.15) is 0 Å². The monoisotopic (exact) mass is 226 g/mol. The predicted octanol–water partition coefficient (Wildman–Crippen LogP) is 2.59. The molecule has 0 radical (unpaired) electrons. The third-order valence-corrected chi connectivity index (χ3v) is 3.28. The van der Waals surface area contributed by atoms with Gasteiger partial charge in [0.25, 0.3) is 5.91 Å². The summed E-state index contributed by atoms with van der Waals surface area (Å²) < 4.78 is 0. The van der Waals surface area contributed by atoms with Crippen LogP contribution in [0.4, 0.5) is 5.00 Å². The molecule has 1 heterocycles. The SMILES string of the molecule is CC(C)NC(=O)c1cc(C(C)C)sc1N. The van der Waals surface area contributed by atoms with Gasteiger partial charge in [-0.25, -0.2) is 0 Å². The number of rotatable bonds is 3. The van der Waals surface area contributed by atoms with E-state index in [0.29, 0.717) is 16.5 Å². The lowest BCUT2D eigenvalue weighted by Gasteiger charge is -2.07. The highest BCUT2D eigenvalue weighted by Crippen LogP contribution is 2.30. The quantitative estimate of drug-likeness (QED) is 0.832. The van der Waals surface area contributed by atoms with Crippen molar-refractivity contribution in [2.24, 2.45) is 0 Å². The number of carbonyl (C=O) groups is 1. The van der Waals surface area contributed by atoms with Gasteiger partial charge < -0.3 is 11.1 Å². The first-order chi connectivity index (χ1) is 6.91. The lowest BCUT2D eigenvalue weighted by Crippen LogP contribution is -2.30. The first kappa shape index (κ1) is 12.0. The minimum Gasteiger partial charge on any atom is -0.390 e. The van der Waals surface area contributed by atoms with Crippen LogP contribution in [0, 0.1) is 0 Å². The average molecular weight is 226 g/mol. The second kappa shape index (κ2) is 4.66. The van der Waals surface area contributed by atoms with E-state index in [9.17, 15) is 4.79 Å². The smallest absolute Gasteiger partial charge is 0.254 e. The third kappa shape index (κ3) is 2.96. The Bertz CT molecular complexity index is 355. The molecule has 0 atom stereocenters. The molecule has 15 heavy (non-hydrogen) atoms. The minimum absolute atomic E-state index is 0.0781. The highest BCUT2D eigenvalue weighted by molar-refractivity contribution is 7.16. The molecule has 3 nitrogen and oxygen atoms in total. The zero-order valence-electron chi connectivity index (χ0n) is 9.63. The summed E-state index contributed by atoms with van der Waals surface area (Å²) in [5.41, 5.74) is 6.42. The maximum absolute atomic E-state index is 11.7. The summed E-state index contributed by atoms with van der Waals surface area (Å²) in [5, 5.41) is 3.45. The van der Waals surface area contributed by atoms with E-state index in [1.165, 1.54) is 11.3 Å². The van der Waals surface area contributed by atoms with Gasteiger partial charge in [0, 0.05) is 10.9 Å². The molecule has 0 fully saturated rings. The lowest BCUT2D eigenvalue weighted by molar-refractivity contribution is 0.0944. The Morgan fingerprint density at radius 1 is 1.40 bits per heavy atom. The molecular formula is C11H18N2OS. The minimum atomic E-state index is -0.0781. The summed E-state index contributed by atoms with van der Waals surface area (Å²) in [5.74, 6) is 0.337. The Balaban J connectivity index is 2.89. The summed E-state index contributed by atoms with van der Waals surface area (Å²) in [6, 6.07) is 2.03. The van der Waals surface area contributed by atoms with E-state index in [1.807, 2.05) is 19.9 Å². The first-order valence-corrected chi connectivity index (χ1v) is 5.93. The second-order valence-corrected chi connectivity index (χ2v) is 5.32. The van der Waals surface area contributed by atoms with Crippen LogP contribution in [0.2, 0.25) is 0 Å². The van der Waals surface area contributed by atoms with E-state index >= 15 is 0 Å². The highest BCUT2D eigenvalue weighted by atomic mass is 32.1. The molecular weight excluding hydrogens is 208 g/mol. The molecule has 1 rings (SSSR count). The fraction of sp³-hybridized carbons (Fsp3) is 0.545. The number of nitrogen functional groups attached to an aromatic ring is 1. The van der Waals surface area contributed by atoms with Crippen molar-refractivity contribution in [3.8, 4) is 0 Å². The van der Waals surface area contributed by atoms with Gasteiger partial charge in [0.15, 0.2) is 0 Å². The number of thiophene rings is 1. The van der Waals surface area contributed by atoms with E-state index < -0.39 is 0 Å². The Hall–Kier alpha value is -1.03. The molecule has 1 amide bonds. The Kier molecular flexibility index (Phi) is 3.74. The molecule has 0 saturated carbocycles. The number of nitrogens with two attached hydrogens (primary N) is 1. The summed E-state index contributed by atoms with van der Waals surface area (Å²) in [6.45, 7) is 8.05. The molecule has 0 aliphatic rings. The number of carbonyl (C=O) groups excluding carboxylic acids is 1. The summed E-state index contributed by atoms with van der Waals surface area (Å²) in [7, 11) is 0. The maximum Gasteiger partial charge on any atom is 0.254 e. The van der Waals surface area contributed by atoms with Crippen molar-refractivity contribution in [2.45, 2.75) is 39.7 Å². The largest absolute Gasteiger partial charge is 0.390 e. The number of nitrogens with one attached hydrogen (secondary N) is 1. The number of amides is 1. The standard InChI is InChI=1S/C11H18N2OS/c1-6(2)9-5-8(10(12)15-9)11(14)13-7(3)4/h5-7H,12H2,1-4H3,(H,13,14). The Labute approximate surface area is 94.7 Å². The molecule has 0 aromatic carbocycles. The predicted molar refractivity (Wildman–Crippen MR) is 65.4 cm³/mol. The fourth-order valence-electron chi connectivity index (χ4n) is 1.23. The summed E-state index contributed by atoms with van der Waals surface area (Å²) >= 11 is 1.49. The second-order valence-electron chi connectivity index (χ2n) is 4.21. The summed E-state index contributed by atoms with van der Waals surface area (Å²) in [4.78, 5) is 12.9. The molecule has 0 spiro atoms. The lowest BCUT2D eigenvalue weighted by atomic mass is 10.1. The molecule has 0 aliphatic carbocycles. The normalized spacial score (nSPS) is 11.1. The van der Waals surface area contributed by atoms with Gasteiger partial charge in [-0.2, -0.15) is 0 Å². The van der Waals surface area contributed by atoms with Crippen LogP contribution < -0.4 is 11.1 Å². The average Bonchev–Trinajstić information content (AvgIpc) is 2.46. The third-order valence-electron chi connectivity index (χ3n) is 2.01. The van der Waals surface area contributed by atoms with Gasteiger partial charge in [0.2, 0.25) is 0 Å². The van der Waals surface area contributed by atoms with Crippen LogP contribution in [0.5, 0.6) is 0 Å². The molecule has 4 heteroatoms. The number of anilines is 1. The van der Waals surface area contributed by atoms with Crippen molar-refractivity contribution in [1.29, 1.82) is 0 Å². The van der Waals surface area contributed by atoms with E-state index in [-0.39, 0.29) is 11.9 Å². The molecule has 1 aromatic heterocycles. The molecule has 84 valence electrons. The van der Waals surface area contributed by atoms with Crippen molar-refractivity contribution in [2.75, 3.05) is 5.73 Å². The topological polar surface area (TPSA) is 55.1 Å². The van der Waals surface area contributed by atoms with Crippen molar-refractivity contribution in [1.82, 2.24) is 5.32 Å². The van der Waals surface area contributed by atoms with E-state index in [4.69, 9.17) is 5.73 Å². The maximum atomic E-state index is 11.7. The van der Waals surface area contributed by atoms with Crippen LogP contribution in [0.1, 0.15) is 48.8 Å². The van der Waals surface area contributed by atoms with Crippen LogP contribution in [0.3, 0.4) is 0 Å². The van der Waals surface area contributed by atoms with Crippen molar-refractivity contribution >= 4 is 22.2 Å². The van der Waals surface area contributed by atoms with Crippen LogP contribution in [0.15, 0.2) is 6.07 Å². The molecule has 0 unspecified atom stereocenters. The highest BCUT2D eigenvalue weighted by Gasteiger charge is 2.15. The van der Waals surface area contributed by atoms with Crippen LogP contribution >= 0.6 is 11.3 Å². The molecule has 0 bridgehead atoms. The van der Waals surface area contributed by atoms with Gasteiger partial charge in [0.05, 0.1) is 10.6 Å². The van der Waals surface area contributed by atoms with Crippen LogP contribution in [-0.2, 0) is 0 Å². The van der Waals surface area contributed by atoms with Crippen LogP contribution in [-0.4, -0.2) is 11.9 Å².